The number of nitrogens with zero attached hydrogens (tertiary/aromatic N) is 3. The number of benzene rings is 3. The van der Waals surface area contributed by atoms with Gasteiger partial charge >= 0.3 is 0 Å². The van der Waals surface area contributed by atoms with Gasteiger partial charge in [-0.15, -0.1) is 0 Å². The van der Waals surface area contributed by atoms with Crippen LogP contribution in [0.1, 0.15) is 49.8 Å². The van der Waals surface area contributed by atoms with Crippen molar-refractivity contribution in [3.8, 4) is 45.8 Å². The van der Waals surface area contributed by atoms with E-state index in [1.807, 2.05) is 30.5 Å². The molecule has 2 heterocycles. The van der Waals surface area contributed by atoms with Crippen LogP contribution in [0, 0.1) is 6.92 Å². The van der Waals surface area contributed by atoms with Crippen molar-refractivity contribution in [3.05, 3.63) is 113 Å². The Morgan fingerprint density at radius 3 is 2.04 bits per heavy atom. The van der Waals surface area contributed by atoms with E-state index < -0.39 is 0 Å². The highest BCUT2D eigenvalue weighted by molar-refractivity contribution is 5.77. The molecule has 1 aromatic heterocycles. The van der Waals surface area contributed by atoms with E-state index in [0.29, 0.717) is 23.3 Å². The van der Waals surface area contributed by atoms with Gasteiger partial charge in [-0.3, -0.25) is 9.88 Å². The summed E-state index contributed by atoms with van der Waals surface area (Å²) in [6.07, 6.45) is 13.9. The van der Waals surface area contributed by atoms with E-state index in [4.69, 9.17) is 33.4 Å². The van der Waals surface area contributed by atoms with Gasteiger partial charge in [-0.2, -0.15) is 0 Å². The number of rotatable bonds is 17. The Kier molecular flexibility index (Phi) is 14.7. The zero-order valence-electron chi connectivity index (χ0n) is 34.0. The van der Waals surface area contributed by atoms with Crippen LogP contribution in [-0.2, 0) is 6.54 Å². The van der Waals surface area contributed by atoms with E-state index in [1.54, 1.807) is 42.7 Å². The smallest absolute Gasteiger partial charge is 0.203 e. The standard InChI is InChI=1S/C46H57N3O6/c1-10-12-33(25-35(13-11-2)36-24-32(3)45(54-8)42(27-36)51-5)30-48-22-19-39(20-23-48)49(38-14-16-40(50-4)17-15-38)31-34-18-21-47-41(26-34)37-28-43(52-6)46(55-9)44(29-37)53-7/h10,12-18,21,24-29,39H,11,19-20,22-23,30-31H2,1-9H3/b12-10-,33-25+,35-13-. The normalized spacial score (nSPS) is 14.2. The highest BCUT2D eigenvalue weighted by atomic mass is 16.5. The van der Waals surface area contributed by atoms with Gasteiger partial charge in [0, 0.05) is 49.7 Å². The van der Waals surface area contributed by atoms with Crippen molar-refractivity contribution < 1.29 is 28.4 Å². The molecule has 1 aliphatic heterocycles. The Balaban J connectivity index is 1.37. The van der Waals surface area contributed by atoms with Crippen LogP contribution in [0.3, 0.4) is 0 Å². The summed E-state index contributed by atoms with van der Waals surface area (Å²) in [4.78, 5) is 9.85. The number of methoxy groups -OCH3 is 6. The van der Waals surface area contributed by atoms with E-state index in [0.717, 1.165) is 90.6 Å². The van der Waals surface area contributed by atoms with Crippen LogP contribution < -0.4 is 33.3 Å². The van der Waals surface area contributed by atoms with Crippen molar-refractivity contribution >= 4 is 11.3 Å². The Morgan fingerprint density at radius 2 is 1.45 bits per heavy atom. The largest absolute Gasteiger partial charge is 0.497 e. The first-order chi connectivity index (χ1) is 26.8. The van der Waals surface area contributed by atoms with Crippen LogP contribution in [0.4, 0.5) is 5.69 Å². The Bertz CT molecular complexity index is 1940. The number of ether oxygens (including phenoxy) is 6. The maximum absolute atomic E-state index is 5.70. The first kappa shape index (κ1) is 40.8. The molecule has 0 saturated carbocycles. The van der Waals surface area contributed by atoms with Crippen LogP contribution in [-0.4, -0.2) is 78.2 Å². The fraction of sp³-hybridized carbons (Fsp3) is 0.370. The molecular weight excluding hydrogens is 691 g/mol. The topological polar surface area (TPSA) is 74.8 Å². The lowest BCUT2D eigenvalue weighted by Crippen LogP contribution is -2.45. The van der Waals surface area contributed by atoms with E-state index in [1.165, 1.54) is 16.8 Å². The average Bonchev–Trinajstić information content (AvgIpc) is 3.22. The molecule has 1 saturated heterocycles. The second kappa shape index (κ2) is 19.8. The quantitative estimate of drug-likeness (QED) is 0.0983. The highest BCUT2D eigenvalue weighted by Gasteiger charge is 2.26. The van der Waals surface area contributed by atoms with E-state index in [9.17, 15) is 0 Å². The molecule has 5 rings (SSSR count). The molecule has 0 aliphatic carbocycles. The van der Waals surface area contributed by atoms with E-state index >= 15 is 0 Å². The Hall–Kier alpha value is -5.41. The second-order valence-corrected chi connectivity index (χ2v) is 13.6. The molecule has 1 aliphatic rings. The summed E-state index contributed by atoms with van der Waals surface area (Å²) in [5.41, 5.74) is 8.69. The van der Waals surface area contributed by atoms with Gasteiger partial charge in [0.15, 0.2) is 23.0 Å². The molecule has 0 spiro atoms. The van der Waals surface area contributed by atoms with Gasteiger partial charge in [0.25, 0.3) is 0 Å². The van der Waals surface area contributed by atoms with Gasteiger partial charge in [0.2, 0.25) is 5.75 Å². The summed E-state index contributed by atoms with van der Waals surface area (Å²) in [7, 11) is 9.95. The third-order valence-electron chi connectivity index (χ3n) is 10.1. The number of anilines is 1. The van der Waals surface area contributed by atoms with Crippen molar-refractivity contribution in [2.24, 2.45) is 0 Å². The maximum atomic E-state index is 5.70. The van der Waals surface area contributed by atoms with Crippen LogP contribution >= 0.6 is 0 Å². The van der Waals surface area contributed by atoms with Gasteiger partial charge in [-0.25, -0.2) is 0 Å². The van der Waals surface area contributed by atoms with Crippen LogP contribution in [0.25, 0.3) is 16.8 Å². The molecule has 0 amide bonds. The Labute approximate surface area is 327 Å². The Morgan fingerprint density at radius 1 is 0.800 bits per heavy atom. The van der Waals surface area contributed by atoms with Gasteiger partial charge in [-0.1, -0.05) is 31.2 Å². The van der Waals surface area contributed by atoms with Gasteiger partial charge < -0.3 is 33.3 Å². The van der Waals surface area contributed by atoms with Gasteiger partial charge in [0.05, 0.1) is 48.4 Å². The number of piperidine rings is 1. The third-order valence-corrected chi connectivity index (χ3v) is 10.1. The molecule has 4 aromatic rings. The summed E-state index contributed by atoms with van der Waals surface area (Å²) in [5.74, 6) is 4.10. The summed E-state index contributed by atoms with van der Waals surface area (Å²) in [6.45, 7) is 9.90. The zero-order chi connectivity index (χ0) is 39.3. The predicted molar refractivity (Wildman–Crippen MR) is 223 cm³/mol. The lowest BCUT2D eigenvalue weighted by molar-refractivity contribution is 0.224. The molecule has 9 heteroatoms. The number of pyridine rings is 1. The lowest BCUT2D eigenvalue weighted by Gasteiger charge is -2.40. The van der Waals surface area contributed by atoms with Crippen LogP contribution in [0.5, 0.6) is 34.5 Å². The minimum atomic E-state index is 0.349. The summed E-state index contributed by atoms with van der Waals surface area (Å²) >= 11 is 0. The maximum Gasteiger partial charge on any atom is 0.203 e. The summed E-state index contributed by atoms with van der Waals surface area (Å²) < 4.78 is 33.7. The third kappa shape index (κ3) is 10.0. The number of hydrogen-bond acceptors (Lipinski definition) is 9. The van der Waals surface area contributed by atoms with Crippen molar-refractivity contribution in [1.82, 2.24) is 9.88 Å². The fourth-order valence-corrected chi connectivity index (χ4v) is 7.37. The molecule has 55 heavy (non-hydrogen) atoms. The van der Waals surface area contributed by atoms with Gasteiger partial charge in [-0.05, 0) is 122 Å². The first-order valence-corrected chi connectivity index (χ1v) is 18.9. The summed E-state index contributed by atoms with van der Waals surface area (Å²) in [6, 6.07) is 21.2. The number of aromatic nitrogens is 1. The minimum absolute atomic E-state index is 0.349. The molecule has 0 unspecified atom stereocenters. The van der Waals surface area contributed by atoms with Crippen molar-refractivity contribution in [2.45, 2.75) is 52.6 Å². The number of likely N-dealkylation sites (tertiary alicyclic amines) is 1. The highest BCUT2D eigenvalue weighted by Crippen LogP contribution is 2.41. The fourth-order valence-electron chi connectivity index (χ4n) is 7.37. The zero-order valence-corrected chi connectivity index (χ0v) is 34.0. The summed E-state index contributed by atoms with van der Waals surface area (Å²) in [5, 5.41) is 0. The molecule has 0 N–H and O–H groups in total. The van der Waals surface area contributed by atoms with Crippen molar-refractivity contribution in [3.63, 3.8) is 0 Å². The van der Waals surface area contributed by atoms with E-state index in [-0.39, 0.29) is 0 Å². The van der Waals surface area contributed by atoms with Crippen molar-refractivity contribution in [2.75, 3.05) is 67.2 Å². The molecule has 9 nitrogen and oxygen atoms in total. The molecular formula is C46H57N3O6. The monoisotopic (exact) mass is 747 g/mol. The molecule has 292 valence electrons. The van der Waals surface area contributed by atoms with Gasteiger partial charge in [0.1, 0.15) is 5.75 Å². The predicted octanol–water partition coefficient (Wildman–Crippen LogP) is 9.58. The lowest BCUT2D eigenvalue weighted by atomic mass is 9.97. The van der Waals surface area contributed by atoms with Crippen molar-refractivity contribution in [1.29, 1.82) is 0 Å². The van der Waals surface area contributed by atoms with Crippen LogP contribution in [0.15, 0.2) is 96.7 Å². The van der Waals surface area contributed by atoms with E-state index in [2.05, 4.69) is 91.3 Å². The molecule has 0 bridgehead atoms. The average molecular weight is 748 g/mol. The first-order valence-electron chi connectivity index (χ1n) is 18.9. The van der Waals surface area contributed by atoms with Crippen LogP contribution in [0.2, 0.25) is 0 Å². The number of hydrogen-bond donors (Lipinski definition) is 0. The molecule has 3 aromatic carbocycles. The minimum Gasteiger partial charge on any atom is -0.497 e. The molecule has 0 atom stereocenters. The number of aryl methyl sites for hydroxylation is 1. The molecule has 1 fully saturated rings. The SMILES string of the molecule is C\C=C/C(=C\C(=C\CC)c1cc(C)c(OC)c(OC)c1)CN1CCC(N(Cc2ccnc(-c3cc(OC)c(OC)c(OC)c3)c2)c2ccc(OC)cc2)CC1. The number of allylic oxidation sites excluding steroid dienone is 4. The second-order valence-electron chi connectivity index (χ2n) is 13.6. The molecule has 0 radical (unpaired) electrons.